The minimum absolute atomic E-state index is 0.0269. The summed E-state index contributed by atoms with van der Waals surface area (Å²) in [6, 6.07) is 5.27. The average molecular weight is 348 g/mol. The molecule has 4 aliphatic rings. The molecule has 25 heavy (non-hydrogen) atoms. The number of aliphatic hydroxyl groups excluding tert-OH is 1. The van der Waals surface area contributed by atoms with Crippen molar-refractivity contribution in [3.63, 3.8) is 0 Å². The minimum Gasteiger partial charge on any atom is -0.504 e. The van der Waals surface area contributed by atoms with Gasteiger partial charge < -0.3 is 15.3 Å². The first-order valence-electron chi connectivity index (χ1n) is 9.60. The van der Waals surface area contributed by atoms with Crippen LogP contribution in [0.4, 0.5) is 0 Å². The molecule has 0 amide bonds. The molecule has 4 fully saturated rings. The van der Waals surface area contributed by atoms with Gasteiger partial charge in [-0.3, -0.25) is 9.80 Å². The van der Waals surface area contributed by atoms with E-state index < -0.39 is 0 Å². The monoisotopic (exact) mass is 348 g/mol. The number of hydrogen-bond acceptors (Lipinski definition) is 3. The summed E-state index contributed by atoms with van der Waals surface area (Å²) in [5, 5.41) is 31.0. The van der Waals surface area contributed by atoms with Gasteiger partial charge in [0.15, 0.2) is 11.5 Å². The first-order valence-corrected chi connectivity index (χ1v) is 9.60. The fourth-order valence-corrected chi connectivity index (χ4v) is 6.24. The van der Waals surface area contributed by atoms with Crippen LogP contribution in [-0.2, 0) is 0 Å². The number of phenolic OH excluding ortho intramolecular Hbond substituents is 2. The number of benzene rings is 1. The lowest BCUT2D eigenvalue weighted by molar-refractivity contribution is -1.19. The summed E-state index contributed by atoms with van der Waals surface area (Å²) in [4.78, 5) is 3.04. The molecule has 5 rings (SSSR count). The van der Waals surface area contributed by atoms with Crippen LogP contribution in [0.1, 0.15) is 39.4 Å². The fraction of sp³-hybridized carbons (Fsp3) is 0.700. The highest BCUT2D eigenvalue weighted by atomic mass is 16.3. The van der Waals surface area contributed by atoms with Crippen LogP contribution in [-0.4, -0.2) is 47.6 Å². The molecule has 0 atom stereocenters. The van der Waals surface area contributed by atoms with Crippen LogP contribution in [0.2, 0.25) is 0 Å². The van der Waals surface area contributed by atoms with Gasteiger partial charge in [0.05, 0.1) is 48.7 Å². The molecular weight excluding hydrogens is 316 g/mol. The molecule has 1 aromatic rings. The van der Waals surface area contributed by atoms with Crippen LogP contribution in [0.3, 0.4) is 0 Å². The van der Waals surface area contributed by atoms with Crippen LogP contribution in [0.25, 0.3) is 0 Å². The van der Waals surface area contributed by atoms with E-state index in [9.17, 15) is 15.3 Å². The van der Waals surface area contributed by atoms with Crippen molar-refractivity contribution in [2.75, 3.05) is 26.2 Å². The van der Waals surface area contributed by atoms with E-state index >= 15 is 0 Å². The lowest BCUT2D eigenvalue weighted by atomic mass is 9.52. The van der Waals surface area contributed by atoms with Gasteiger partial charge in [0.2, 0.25) is 6.17 Å². The predicted molar refractivity (Wildman–Crippen MR) is 94.5 cm³/mol. The Morgan fingerprint density at radius 1 is 0.880 bits per heavy atom. The van der Waals surface area contributed by atoms with Gasteiger partial charge in [0.25, 0.3) is 0 Å². The molecule has 5 nitrogen and oxygen atoms in total. The summed E-state index contributed by atoms with van der Waals surface area (Å²) in [5.41, 5.74) is 1.04. The molecule has 0 spiro atoms. The molecule has 0 saturated carbocycles. The zero-order valence-corrected chi connectivity index (χ0v) is 15.7. The van der Waals surface area contributed by atoms with Crippen molar-refractivity contribution in [3.8, 4) is 11.5 Å². The number of rotatable bonds is 3. The van der Waals surface area contributed by atoms with E-state index in [4.69, 9.17) is 0 Å². The third-order valence-electron chi connectivity index (χ3n) is 7.76. The van der Waals surface area contributed by atoms with Crippen molar-refractivity contribution in [2.45, 2.75) is 40.0 Å². The van der Waals surface area contributed by atoms with Crippen molar-refractivity contribution in [3.05, 3.63) is 23.8 Å². The molecule has 5 N–H and O–H groups in total. The molecule has 0 aromatic heterocycles. The van der Waals surface area contributed by atoms with Gasteiger partial charge in [-0.15, -0.1) is 0 Å². The molecule has 0 unspecified atom stereocenters. The number of hydrogen-bond donors (Lipinski definition) is 5. The van der Waals surface area contributed by atoms with E-state index in [-0.39, 0.29) is 34.6 Å². The predicted octanol–water partition coefficient (Wildman–Crippen LogP) is -0.447. The Balaban J connectivity index is 1.77. The highest BCUT2D eigenvalue weighted by Gasteiger charge is 2.72. The van der Waals surface area contributed by atoms with E-state index in [0.717, 1.165) is 31.7 Å². The first-order chi connectivity index (χ1) is 11.7. The Bertz CT molecular complexity index is 644. The van der Waals surface area contributed by atoms with Crippen LogP contribution in [0.5, 0.6) is 11.5 Å². The highest BCUT2D eigenvalue weighted by molar-refractivity contribution is 5.40. The number of aliphatic hydroxyl groups is 1. The lowest BCUT2D eigenvalue weighted by Gasteiger charge is -2.66. The van der Waals surface area contributed by atoms with E-state index in [1.54, 1.807) is 12.1 Å². The number of quaternary nitrogens is 2. The maximum Gasteiger partial charge on any atom is 0.240 e. The zero-order chi connectivity index (χ0) is 18.1. The van der Waals surface area contributed by atoms with Gasteiger partial charge in [-0.1, -0.05) is 27.7 Å². The van der Waals surface area contributed by atoms with Gasteiger partial charge >= 0.3 is 0 Å². The zero-order valence-electron chi connectivity index (χ0n) is 15.7. The van der Waals surface area contributed by atoms with E-state index in [1.165, 1.54) is 9.80 Å². The smallest absolute Gasteiger partial charge is 0.240 e. The number of piperidine rings is 2. The molecule has 4 saturated heterocycles. The highest BCUT2D eigenvalue weighted by Crippen LogP contribution is 2.48. The maximum absolute atomic E-state index is 11.4. The third-order valence-corrected chi connectivity index (χ3v) is 7.76. The molecule has 4 heterocycles. The minimum atomic E-state index is -0.235. The summed E-state index contributed by atoms with van der Waals surface area (Å²) >= 11 is 0. The van der Waals surface area contributed by atoms with Crippen molar-refractivity contribution >= 4 is 0 Å². The fourth-order valence-electron chi connectivity index (χ4n) is 6.24. The topological polar surface area (TPSA) is 69.6 Å². The van der Waals surface area contributed by atoms with Crippen molar-refractivity contribution < 1.29 is 25.1 Å². The molecule has 4 bridgehead atoms. The van der Waals surface area contributed by atoms with E-state index in [0.29, 0.717) is 11.8 Å². The quantitative estimate of drug-likeness (QED) is 0.481. The standard InChI is InChI=1S/C20H30N2O3/c1-12(2)19-8-21-10-20(13(3)4,18(19)25)11-22(9-19)17(21)14-5-6-15(23)16(24)7-14/h5-7,12-13,17-18,23-25H,8-11H2,1-4H3/p+2. The largest absolute Gasteiger partial charge is 0.504 e. The molecule has 5 heteroatoms. The number of phenols is 2. The van der Waals surface area contributed by atoms with Crippen molar-refractivity contribution in [1.29, 1.82) is 0 Å². The second-order valence-corrected chi connectivity index (χ2v) is 9.38. The van der Waals surface area contributed by atoms with E-state index in [2.05, 4.69) is 27.7 Å². The molecule has 4 aliphatic heterocycles. The second-order valence-electron chi connectivity index (χ2n) is 9.38. The first kappa shape index (κ1) is 17.1. The van der Waals surface area contributed by atoms with E-state index in [1.807, 2.05) is 6.07 Å². The molecule has 138 valence electrons. The van der Waals surface area contributed by atoms with Gasteiger partial charge in [0.1, 0.15) is 0 Å². The molecular formula is C20H32N2O3+2. The molecule has 1 aromatic carbocycles. The van der Waals surface area contributed by atoms with Gasteiger partial charge in [0, 0.05) is 0 Å². The third kappa shape index (κ3) is 2.12. The summed E-state index contributed by atoms with van der Waals surface area (Å²) < 4.78 is 0. The Kier molecular flexibility index (Phi) is 3.67. The van der Waals surface area contributed by atoms with Crippen LogP contribution in [0, 0.1) is 22.7 Å². The van der Waals surface area contributed by atoms with Gasteiger partial charge in [-0.05, 0) is 30.0 Å². The summed E-state index contributed by atoms with van der Waals surface area (Å²) in [7, 11) is 0. The number of nitrogens with one attached hydrogen (secondary N) is 2. The summed E-state index contributed by atoms with van der Waals surface area (Å²) in [6.45, 7) is 13.0. The molecule has 0 radical (unpaired) electrons. The van der Waals surface area contributed by atoms with Crippen LogP contribution in [0.15, 0.2) is 18.2 Å². The van der Waals surface area contributed by atoms with Crippen molar-refractivity contribution in [2.24, 2.45) is 22.7 Å². The summed E-state index contributed by atoms with van der Waals surface area (Å²) in [5.74, 6) is 0.792. The Morgan fingerprint density at radius 3 is 1.76 bits per heavy atom. The Labute approximate surface area is 149 Å². The SMILES string of the molecule is CC(C)C12C[NH+]3CC(C(C)C)(C[NH+](C1)C3c1ccc(O)c(O)c1)C2O. The molecule has 0 aliphatic carbocycles. The van der Waals surface area contributed by atoms with Gasteiger partial charge in [-0.2, -0.15) is 0 Å². The van der Waals surface area contributed by atoms with Crippen molar-refractivity contribution in [1.82, 2.24) is 0 Å². The second kappa shape index (κ2) is 5.35. The van der Waals surface area contributed by atoms with Gasteiger partial charge in [-0.25, -0.2) is 0 Å². The normalized spacial score (nSPS) is 42.5. The summed E-state index contributed by atoms with van der Waals surface area (Å²) in [6.07, 6.45) is 0.0411. The lowest BCUT2D eigenvalue weighted by Crippen LogP contribution is -3.41. The van der Waals surface area contributed by atoms with Crippen LogP contribution < -0.4 is 9.80 Å². The Hall–Kier alpha value is -1.30. The van der Waals surface area contributed by atoms with Crippen LogP contribution >= 0.6 is 0 Å². The maximum atomic E-state index is 11.4. The average Bonchev–Trinajstić information content (AvgIpc) is 2.53. The Morgan fingerprint density at radius 2 is 1.36 bits per heavy atom. The number of aromatic hydroxyl groups is 2.